The fourth-order valence-corrected chi connectivity index (χ4v) is 11.7. The Bertz CT molecular complexity index is 2530. The molecule has 0 saturated carbocycles. The third-order valence-corrected chi connectivity index (χ3v) is 16.9. The molecule has 2 aromatic carbocycles. The topological polar surface area (TPSA) is 264 Å². The molecule has 0 bridgehead atoms. The van der Waals surface area contributed by atoms with Crippen molar-refractivity contribution in [3.05, 3.63) is 90.0 Å². The molecule has 1 saturated heterocycles. The zero-order valence-electron chi connectivity index (χ0n) is 52.6. The number of hydrogen-bond donors (Lipinski definition) is 6. The van der Waals surface area contributed by atoms with Crippen molar-refractivity contribution in [2.24, 2.45) is 29.1 Å². The predicted molar refractivity (Wildman–Crippen MR) is 325 cm³/mol. The van der Waals surface area contributed by atoms with Crippen molar-refractivity contribution in [2.45, 2.75) is 181 Å². The molecule has 2 aliphatic rings. The van der Waals surface area contributed by atoms with Crippen molar-refractivity contribution >= 4 is 47.5 Å². The van der Waals surface area contributed by atoms with Crippen LogP contribution in [0.3, 0.4) is 0 Å². The van der Waals surface area contributed by atoms with Crippen LogP contribution in [0.4, 0.5) is 15.3 Å². The number of carboxylic acid groups (broad SMARTS) is 1. The number of rotatable bonds is 32. The van der Waals surface area contributed by atoms with Crippen LogP contribution in [0, 0.1) is 29.1 Å². The highest BCUT2D eigenvalue weighted by Gasteiger charge is 2.42. The highest BCUT2D eigenvalue weighted by Crippen LogP contribution is 2.34. The Morgan fingerprint density at radius 1 is 0.882 bits per heavy atom. The Hall–Kier alpha value is -6.39. The van der Waals surface area contributed by atoms with Gasteiger partial charge in [-0.3, -0.25) is 39.1 Å². The number of carbonyl (C=O) groups excluding carboxylic acids is 6. The molecule has 6 amide bonds. The highest BCUT2D eigenvalue weighted by molar-refractivity contribution is 5.92. The number of aliphatic carboxylic acids is 1. The van der Waals surface area contributed by atoms with Gasteiger partial charge in [0.15, 0.2) is 0 Å². The number of likely N-dealkylation sites (N-methyl/N-ethyl adjacent to an activating group) is 2. The lowest BCUT2D eigenvalue weighted by Gasteiger charge is -2.40. The molecule has 1 fully saturated rings. The largest absolute Gasteiger partial charge is 0.480 e. The van der Waals surface area contributed by atoms with Crippen LogP contribution >= 0.6 is 0 Å². The molecule has 0 unspecified atom stereocenters. The van der Waals surface area contributed by atoms with E-state index in [1.807, 2.05) is 91.0 Å². The first kappa shape index (κ1) is 71.1. The van der Waals surface area contributed by atoms with Crippen LogP contribution in [0.15, 0.2) is 73.3 Å². The first-order valence-electron chi connectivity index (χ1n) is 30.1. The van der Waals surface area contributed by atoms with Crippen molar-refractivity contribution in [1.29, 1.82) is 0 Å². The van der Waals surface area contributed by atoms with Crippen molar-refractivity contribution in [2.75, 3.05) is 60.1 Å². The van der Waals surface area contributed by atoms with Crippen LogP contribution in [-0.4, -0.2) is 170 Å². The number of ether oxygens (including phenoxy) is 5. The van der Waals surface area contributed by atoms with Gasteiger partial charge in [0.05, 0.1) is 49.7 Å². The normalized spacial score (nSPS) is 20.8. The molecule has 4 rings (SSSR count). The summed E-state index contributed by atoms with van der Waals surface area (Å²) in [5.41, 5.74) is 1.81. The summed E-state index contributed by atoms with van der Waals surface area (Å²) in [6, 6.07) is 11.3. The number of likely N-dealkylation sites (tertiary alicyclic amines) is 1. The van der Waals surface area contributed by atoms with Gasteiger partial charge < -0.3 is 54.7 Å². The molecular weight excluding hydrogens is 1090 g/mol. The molecular formula is C64H99N7O14. The van der Waals surface area contributed by atoms with Gasteiger partial charge in [-0.2, -0.15) is 0 Å². The van der Waals surface area contributed by atoms with E-state index in [9.17, 15) is 38.7 Å². The summed E-state index contributed by atoms with van der Waals surface area (Å²) >= 11 is 0. The standard InChI is InChI=1S/C64H99N7O14/c1-15-44(16-2)55(51(81-13)31-35-83-39-71-34-23-27-50(71)57(82-14)42(8)58(75)66-43(9)56(74)46-24-19-18-20-25-46)69(11)60(77)53(40(4)5)68-59(76)54(41(6)7)70(12)63(80)84-38-47-28-29-48(36-45(47)17-3)67-62(79)85-49-26-21-22-32-64(10,33-30-49)61(78)65-37-52(72)73/h15,18-21,24-26,28-29,36,40-44,49-51,53-57,74H,1,16-17,22-23,27,30-35,37-39H2,2-14H3,(H,65,78)(H,66,75)(H,67,79)(H,68,76)(H,72,73)/b26-21+/t42-,43-,44+,49+,50+,51-,53+,54+,55+,56-,57-,64-/m1/s1. The van der Waals surface area contributed by atoms with E-state index in [2.05, 4.69) is 32.7 Å². The minimum Gasteiger partial charge on any atom is -0.480 e. The van der Waals surface area contributed by atoms with Crippen LogP contribution in [0.5, 0.6) is 0 Å². The van der Waals surface area contributed by atoms with Gasteiger partial charge in [-0.25, -0.2) is 9.59 Å². The van der Waals surface area contributed by atoms with E-state index in [-0.39, 0.29) is 54.9 Å². The van der Waals surface area contributed by atoms with Crippen LogP contribution in [0.25, 0.3) is 0 Å². The third-order valence-electron chi connectivity index (χ3n) is 16.9. The zero-order chi connectivity index (χ0) is 63.1. The van der Waals surface area contributed by atoms with E-state index in [4.69, 9.17) is 28.8 Å². The molecule has 21 nitrogen and oxygen atoms in total. The van der Waals surface area contributed by atoms with Gasteiger partial charge in [0, 0.05) is 52.0 Å². The molecule has 85 heavy (non-hydrogen) atoms. The number of hydrogen-bond acceptors (Lipinski definition) is 14. The molecule has 0 radical (unpaired) electrons. The summed E-state index contributed by atoms with van der Waals surface area (Å²) in [4.78, 5) is 98.5. The van der Waals surface area contributed by atoms with Crippen LogP contribution < -0.4 is 21.3 Å². The number of benzene rings is 2. The molecule has 2 aromatic rings. The number of anilines is 1. The number of aryl methyl sites for hydroxylation is 1. The molecule has 21 heteroatoms. The predicted octanol–water partition coefficient (Wildman–Crippen LogP) is 8.01. The second-order valence-corrected chi connectivity index (χ2v) is 23.6. The van der Waals surface area contributed by atoms with E-state index >= 15 is 0 Å². The lowest BCUT2D eigenvalue weighted by Crippen LogP contribution is -2.60. The molecule has 1 aliphatic carbocycles. The quantitative estimate of drug-likeness (QED) is 0.0299. The van der Waals surface area contributed by atoms with Crippen LogP contribution in [0.1, 0.15) is 136 Å². The van der Waals surface area contributed by atoms with Crippen molar-refractivity contribution in [1.82, 2.24) is 30.7 Å². The average Bonchev–Trinajstić information content (AvgIpc) is 3.78. The average molecular weight is 1190 g/mol. The lowest BCUT2D eigenvalue weighted by molar-refractivity contribution is -0.143. The van der Waals surface area contributed by atoms with E-state index < -0.39 is 90.5 Å². The summed E-state index contributed by atoms with van der Waals surface area (Å²) in [6.45, 7) is 21.5. The Morgan fingerprint density at radius 3 is 2.20 bits per heavy atom. The summed E-state index contributed by atoms with van der Waals surface area (Å²) in [7, 11) is 6.41. The Morgan fingerprint density at radius 2 is 1.59 bits per heavy atom. The molecule has 474 valence electrons. The fraction of sp³-hybridized carbons (Fsp3) is 0.641. The summed E-state index contributed by atoms with van der Waals surface area (Å²) in [5.74, 6) is -4.01. The minimum absolute atomic E-state index is 0.0882. The second kappa shape index (κ2) is 34.7. The monoisotopic (exact) mass is 1190 g/mol. The lowest BCUT2D eigenvalue weighted by atomic mass is 9.78. The number of aliphatic hydroxyl groups is 1. The van der Waals surface area contributed by atoms with Gasteiger partial charge in [-0.15, -0.1) is 6.58 Å². The molecule has 12 atom stereocenters. The number of carbonyl (C=O) groups is 7. The Balaban J connectivity index is 1.35. The van der Waals surface area contributed by atoms with Crippen LogP contribution in [0.2, 0.25) is 0 Å². The van der Waals surface area contributed by atoms with Gasteiger partial charge in [0.25, 0.3) is 0 Å². The molecule has 6 N–H and O–H groups in total. The Labute approximate surface area is 504 Å². The molecule has 0 aromatic heterocycles. The number of allylic oxidation sites excluding steroid dienone is 1. The number of nitrogens with zero attached hydrogens (tertiary/aromatic N) is 3. The van der Waals surface area contributed by atoms with Gasteiger partial charge in [-0.05, 0) is 117 Å². The van der Waals surface area contributed by atoms with E-state index in [1.54, 1.807) is 64.3 Å². The number of amides is 6. The maximum absolute atomic E-state index is 14.8. The number of carboxylic acids is 1. The summed E-state index contributed by atoms with van der Waals surface area (Å²) < 4.78 is 30.0. The second-order valence-electron chi connectivity index (χ2n) is 23.6. The van der Waals surface area contributed by atoms with E-state index in [0.29, 0.717) is 62.8 Å². The molecule has 0 spiro atoms. The number of aliphatic hydroxyl groups excluding tert-OH is 1. The summed E-state index contributed by atoms with van der Waals surface area (Å²) in [5, 5.41) is 31.1. The maximum atomic E-state index is 14.8. The van der Waals surface area contributed by atoms with Gasteiger partial charge in [-0.1, -0.05) is 104 Å². The van der Waals surface area contributed by atoms with Gasteiger partial charge in [0.2, 0.25) is 23.6 Å². The Kier molecular flexibility index (Phi) is 29.0. The van der Waals surface area contributed by atoms with Crippen molar-refractivity contribution in [3.63, 3.8) is 0 Å². The van der Waals surface area contributed by atoms with Crippen molar-refractivity contribution in [3.8, 4) is 0 Å². The molecule has 1 aliphatic heterocycles. The van der Waals surface area contributed by atoms with Gasteiger partial charge in [0.1, 0.15) is 31.3 Å². The zero-order valence-corrected chi connectivity index (χ0v) is 52.6. The maximum Gasteiger partial charge on any atom is 0.412 e. The first-order valence-corrected chi connectivity index (χ1v) is 30.1. The van der Waals surface area contributed by atoms with E-state index in [1.165, 1.54) is 11.9 Å². The van der Waals surface area contributed by atoms with Gasteiger partial charge >= 0.3 is 18.2 Å². The smallest absolute Gasteiger partial charge is 0.412 e. The van der Waals surface area contributed by atoms with Crippen LogP contribution in [-0.2, 0) is 60.7 Å². The number of methoxy groups -OCH3 is 2. The summed E-state index contributed by atoms with van der Waals surface area (Å²) in [6.07, 6.45) is 6.72. The third kappa shape index (κ3) is 20.4. The van der Waals surface area contributed by atoms with E-state index in [0.717, 1.165) is 30.5 Å². The highest BCUT2D eigenvalue weighted by atomic mass is 16.6. The van der Waals surface area contributed by atoms with Crippen molar-refractivity contribution < 1.29 is 67.5 Å². The SMILES string of the molecule is C=C[C@@H](CC)[C@@H]([C@@H](CCOCN1CCC[C@H]1[C@H](OC)[C@@H](C)C(=O)N[C@H](C)[C@@H](O)c1ccccc1)OC)N(C)C(=O)[C@@H](NC(=O)[C@H](C(C)C)N(C)C(=O)OCc1ccc(NC(=O)O[C@H]2/C=C/CC[C@@](C)(C(=O)NCC(=O)O)CC2)cc1CC)C(C)C. The fourth-order valence-electron chi connectivity index (χ4n) is 11.7. The minimum atomic E-state index is -1.13. The number of nitrogens with one attached hydrogen (secondary N) is 4. The molecule has 1 heterocycles. The first-order chi connectivity index (χ1) is 40.4.